The van der Waals surface area contributed by atoms with Gasteiger partial charge in [-0.3, -0.25) is 9.78 Å². The number of benzene rings is 2. The smallest absolute Gasteiger partial charge is 0.208 e. The van der Waals surface area contributed by atoms with Gasteiger partial charge in [0.25, 0.3) is 0 Å². The molecule has 0 amide bonds. The fourth-order valence-electron chi connectivity index (χ4n) is 4.95. The Morgan fingerprint density at radius 1 is 1.03 bits per heavy atom. The summed E-state index contributed by atoms with van der Waals surface area (Å²) in [6.45, 7) is 8.58. The fraction of sp³-hybridized carbons (Fsp3) is 0.387. The van der Waals surface area contributed by atoms with E-state index in [1.165, 1.54) is 5.56 Å². The second kappa shape index (κ2) is 10.6. The number of fused-ring (bicyclic) bond motifs is 1. The van der Waals surface area contributed by atoms with Crippen LogP contribution >= 0.6 is 0 Å². The van der Waals surface area contributed by atoms with E-state index in [1.54, 1.807) is 6.20 Å². The van der Waals surface area contributed by atoms with Gasteiger partial charge in [-0.05, 0) is 74.3 Å². The highest BCUT2D eigenvalue weighted by atomic mass is 16.5. The van der Waals surface area contributed by atoms with Gasteiger partial charge in [0.05, 0.1) is 16.7 Å². The quantitative estimate of drug-likeness (QED) is 0.316. The maximum absolute atomic E-state index is 12.8. The van der Waals surface area contributed by atoms with Gasteiger partial charge in [-0.25, -0.2) is 4.98 Å². The Balaban J connectivity index is 1.29. The van der Waals surface area contributed by atoms with Gasteiger partial charge in [-0.1, -0.05) is 32.9 Å². The van der Waals surface area contributed by atoms with Gasteiger partial charge < -0.3 is 19.5 Å². The zero-order valence-corrected chi connectivity index (χ0v) is 23.0. The lowest BCUT2D eigenvalue weighted by atomic mass is 9.87. The number of Topliss-reactive ketones (excluding diaryl/α,β-unsaturated/α-hetero) is 1. The number of carbonyl (C=O) groups excluding carboxylic acids is 1. The van der Waals surface area contributed by atoms with Gasteiger partial charge in [0.1, 0.15) is 17.3 Å². The number of ether oxygens (including phenoxy) is 1. The topological polar surface area (TPSA) is 72.3 Å². The third kappa shape index (κ3) is 5.89. The number of aromatic nitrogens is 3. The van der Waals surface area contributed by atoms with Crippen LogP contribution < -0.4 is 10.1 Å². The zero-order chi connectivity index (χ0) is 26.9. The van der Waals surface area contributed by atoms with Crippen LogP contribution in [0.3, 0.4) is 0 Å². The minimum Gasteiger partial charge on any atom is -0.457 e. The summed E-state index contributed by atoms with van der Waals surface area (Å²) in [5.74, 6) is 2.52. The number of carbonyl (C=O) groups is 1. The van der Waals surface area contributed by atoms with Crippen LogP contribution in [-0.2, 0) is 23.7 Å². The van der Waals surface area contributed by atoms with Crippen LogP contribution in [0.4, 0.5) is 11.6 Å². The predicted octanol–water partition coefficient (Wildman–Crippen LogP) is 6.26. The molecule has 38 heavy (non-hydrogen) atoms. The number of likely N-dealkylation sites (tertiary alicyclic amines) is 1. The van der Waals surface area contributed by atoms with Crippen molar-refractivity contribution in [2.45, 2.75) is 45.4 Å². The number of piperidine rings is 1. The number of pyridine rings is 1. The molecule has 7 nitrogen and oxygen atoms in total. The van der Waals surface area contributed by atoms with Crippen molar-refractivity contribution < 1.29 is 9.53 Å². The van der Waals surface area contributed by atoms with Crippen molar-refractivity contribution in [2.24, 2.45) is 13.0 Å². The normalized spacial score (nSPS) is 15.1. The highest BCUT2D eigenvalue weighted by molar-refractivity contribution is 5.83. The molecular formula is C31H37N5O2. The molecule has 1 saturated heterocycles. The Labute approximate surface area is 224 Å². The van der Waals surface area contributed by atoms with Crippen molar-refractivity contribution in [3.05, 3.63) is 72.1 Å². The van der Waals surface area contributed by atoms with E-state index in [0.29, 0.717) is 17.9 Å². The van der Waals surface area contributed by atoms with Gasteiger partial charge in [-0.15, -0.1) is 0 Å². The average Bonchev–Trinajstić information content (AvgIpc) is 3.18. The van der Waals surface area contributed by atoms with Crippen molar-refractivity contribution in [2.75, 3.05) is 25.5 Å². The van der Waals surface area contributed by atoms with E-state index in [0.717, 1.165) is 54.3 Å². The summed E-state index contributed by atoms with van der Waals surface area (Å²) in [5, 5.41) is 3.47. The second-order valence-corrected chi connectivity index (χ2v) is 11.4. The number of ketones is 1. The highest BCUT2D eigenvalue weighted by Crippen LogP contribution is 2.30. The molecule has 1 fully saturated rings. The molecule has 0 aliphatic carbocycles. The van der Waals surface area contributed by atoms with E-state index < -0.39 is 0 Å². The number of imidazole rings is 1. The van der Waals surface area contributed by atoms with Crippen molar-refractivity contribution in [3.8, 4) is 11.5 Å². The third-order valence-corrected chi connectivity index (χ3v) is 7.39. The molecule has 7 heteroatoms. The molecule has 5 rings (SSSR count). The summed E-state index contributed by atoms with van der Waals surface area (Å²) in [5.41, 5.74) is 4.93. The highest BCUT2D eigenvalue weighted by Gasteiger charge is 2.23. The van der Waals surface area contributed by atoms with Crippen LogP contribution in [0, 0.1) is 5.92 Å². The van der Waals surface area contributed by atoms with Gasteiger partial charge in [0.15, 0.2) is 0 Å². The molecule has 0 saturated carbocycles. The van der Waals surface area contributed by atoms with Gasteiger partial charge >= 0.3 is 0 Å². The first-order valence-corrected chi connectivity index (χ1v) is 13.3. The number of nitrogens with zero attached hydrogens (tertiary/aromatic N) is 4. The molecule has 2 aromatic heterocycles. The molecule has 1 aliphatic rings. The lowest BCUT2D eigenvalue weighted by molar-refractivity contribution is -0.123. The summed E-state index contributed by atoms with van der Waals surface area (Å²) in [4.78, 5) is 24.3. The number of aryl methyl sites for hydroxylation is 1. The average molecular weight is 512 g/mol. The molecule has 1 N–H and O–H groups in total. The van der Waals surface area contributed by atoms with Crippen molar-refractivity contribution >= 4 is 28.5 Å². The van der Waals surface area contributed by atoms with E-state index in [4.69, 9.17) is 9.72 Å². The molecule has 0 radical (unpaired) electrons. The Hall–Kier alpha value is -3.71. The molecule has 0 unspecified atom stereocenters. The molecule has 3 heterocycles. The van der Waals surface area contributed by atoms with Gasteiger partial charge in [0, 0.05) is 43.4 Å². The van der Waals surface area contributed by atoms with E-state index >= 15 is 0 Å². The Morgan fingerprint density at radius 2 is 1.79 bits per heavy atom. The van der Waals surface area contributed by atoms with Crippen LogP contribution in [0.5, 0.6) is 11.5 Å². The second-order valence-electron chi connectivity index (χ2n) is 11.4. The van der Waals surface area contributed by atoms with Crippen LogP contribution in [0.15, 0.2) is 60.8 Å². The monoisotopic (exact) mass is 511 g/mol. The lowest BCUT2D eigenvalue weighted by Gasteiger charge is -2.27. The fourth-order valence-corrected chi connectivity index (χ4v) is 4.95. The summed E-state index contributed by atoms with van der Waals surface area (Å²) in [6.07, 6.45) is 3.90. The van der Waals surface area contributed by atoms with Crippen molar-refractivity contribution in [1.82, 2.24) is 19.4 Å². The SMILES string of the molecule is CN1CCC(C(=O)Cc2cc(Oc3ccc4c(c3)nc(Nc3cccc(C(C)(C)C)c3)n4C)ccn2)CC1. The van der Waals surface area contributed by atoms with Crippen LogP contribution in [0.2, 0.25) is 0 Å². The molecule has 1 aliphatic heterocycles. The van der Waals surface area contributed by atoms with E-state index in [-0.39, 0.29) is 17.1 Å². The largest absolute Gasteiger partial charge is 0.457 e. The molecule has 0 spiro atoms. The summed E-state index contributed by atoms with van der Waals surface area (Å²) < 4.78 is 8.20. The molecular weight excluding hydrogens is 474 g/mol. The predicted molar refractivity (Wildman–Crippen MR) is 152 cm³/mol. The Kier molecular flexibility index (Phi) is 7.21. The third-order valence-electron chi connectivity index (χ3n) is 7.39. The van der Waals surface area contributed by atoms with E-state index in [1.807, 2.05) is 41.9 Å². The molecule has 0 bridgehead atoms. The maximum Gasteiger partial charge on any atom is 0.208 e. The minimum atomic E-state index is 0.0727. The van der Waals surface area contributed by atoms with Crippen molar-refractivity contribution in [1.29, 1.82) is 0 Å². The Bertz CT molecular complexity index is 1440. The summed E-state index contributed by atoms with van der Waals surface area (Å²) in [7, 11) is 4.11. The first-order valence-electron chi connectivity index (χ1n) is 13.3. The molecule has 2 aromatic carbocycles. The molecule has 198 valence electrons. The maximum atomic E-state index is 12.8. The summed E-state index contributed by atoms with van der Waals surface area (Å²) in [6, 6.07) is 18.0. The van der Waals surface area contributed by atoms with Gasteiger partial charge in [0.2, 0.25) is 5.95 Å². The number of anilines is 2. The van der Waals surface area contributed by atoms with Crippen LogP contribution in [0.1, 0.15) is 44.9 Å². The molecule has 4 aromatic rings. The van der Waals surface area contributed by atoms with E-state index in [9.17, 15) is 4.79 Å². The number of hydrogen-bond donors (Lipinski definition) is 1. The number of hydrogen-bond acceptors (Lipinski definition) is 6. The standard InChI is InChI=1S/C31H37N5O2/c1-31(2,3)22-7-6-8-23(17-22)33-30-34-27-20-25(9-10-28(27)36(30)5)38-26-11-14-32-24(18-26)19-29(37)21-12-15-35(4)16-13-21/h6-11,14,17-18,20-21H,12-13,15-16,19H2,1-5H3,(H,33,34). The van der Waals surface area contributed by atoms with Gasteiger partial charge in [-0.2, -0.15) is 0 Å². The van der Waals surface area contributed by atoms with Crippen molar-refractivity contribution in [3.63, 3.8) is 0 Å². The molecule has 0 atom stereocenters. The van der Waals surface area contributed by atoms with Crippen LogP contribution in [0.25, 0.3) is 11.0 Å². The number of nitrogens with one attached hydrogen (secondary N) is 1. The zero-order valence-electron chi connectivity index (χ0n) is 23.0. The minimum absolute atomic E-state index is 0.0727. The first kappa shape index (κ1) is 25.9. The Morgan fingerprint density at radius 3 is 2.55 bits per heavy atom. The first-order chi connectivity index (χ1) is 18.2. The lowest BCUT2D eigenvalue weighted by Crippen LogP contribution is -2.34. The van der Waals surface area contributed by atoms with E-state index in [2.05, 4.69) is 67.3 Å². The number of rotatable bonds is 7. The summed E-state index contributed by atoms with van der Waals surface area (Å²) >= 11 is 0. The van der Waals surface area contributed by atoms with Crippen LogP contribution in [-0.4, -0.2) is 45.4 Å².